The van der Waals surface area contributed by atoms with E-state index in [0.29, 0.717) is 29.4 Å². The molecule has 1 amide bonds. The van der Waals surface area contributed by atoms with Crippen molar-refractivity contribution in [2.75, 3.05) is 11.9 Å². The van der Waals surface area contributed by atoms with E-state index in [1.165, 1.54) is 23.5 Å². The highest BCUT2D eigenvalue weighted by atomic mass is 32.2. The molecule has 2 aromatic heterocycles. The molecule has 10 heteroatoms. The fourth-order valence-electron chi connectivity index (χ4n) is 3.42. The highest BCUT2D eigenvalue weighted by Crippen LogP contribution is 2.28. The van der Waals surface area contributed by atoms with E-state index >= 15 is 0 Å². The van der Waals surface area contributed by atoms with Crippen molar-refractivity contribution in [3.05, 3.63) is 40.9 Å². The molecule has 0 aliphatic carbocycles. The van der Waals surface area contributed by atoms with Crippen molar-refractivity contribution in [3.63, 3.8) is 0 Å². The van der Waals surface area contributed by atoms with Crippen LogP contribution >= 0.6 is 11.3 Å². The van der Waals surface area contributed by atoms with Gasteiger partial charge in [-0.15, -0.1) is 11.3 Å². The number of amides is 1. The molecule has 0 saturated heterocycles. The van der Waals surface area contributed by atoms with Gasteiger partial charge in [-0.2, -0.15) is 5.10 Å². The lowest BCUT2D eigenvalue weighted by atomic mass is 10.2. The molecule has 1 aliphatic rings. The second kappa shape index (κ2) is 8.19. The lowest BCUT2D eigenvalue weighted by molar-refractivity contribution is 0.103. The van der Waals surface area contributed by atoms with Crippen molar-refractivity contribution >= 4 is 49.0 Å². The van der Waals surface area contributed by atoms with Crippen LogP contribution in [0.2, 0.25) is 0 Å². The van der Waals surface area contributed by atoms with Crippen LogP contribution in [0.5, 0.6) is 0 Å². The van der Waals surface area contributed by atoms with Gasteiger partial charge in [-0.25, -0.2) is 8.42 Å². The van der Waals surface area contributed by atoms with Gasteiger partial charge in [0.1, 0.15) is 10.7 Å². The minimum absolute atomic E-state index is 0.0867. The smallest absolute Gasteiger partial charge is 0.265 e. The van der Waals surface area contributed by atoms with Gasteiger partial charge in [-0.3, -0.25) is 19.2 Å². The molecule has 0 unspecified atom stereocenters. The van der Waals surface area contributed by atoms with E-state index in [2.05, 4.69) is 20.1 Å². The number of aryl methyl sites for hydroxylation is 2. The number of amidine groups is 1. The Kier molecular flexibility index (Phi) is 5.61. The van der Waals surface area contributed by atoms with Crippen LogP contribution in [0.15, 0.2) is 40.2 Å². The highest BCUT2D eigenvalue weighted by molar-refractivity contribution is 7.90. The second-order valence-electron chi connectivity index (χ2n) is 7.27. The molecule has 1 aromatic carbocycles. The van der Waals surface area contributed by atoms with Crippen LogP contribution < -0.4 is 10.0 Å². The number of aliphatic imine (C=N–C) groups is 1. The van der Waals surface area contributed by atoms with Gasteiger partial charge in [0.15, 0.2) is 0 Å². The van der Waals surface area contributed by atoms with Crippen molar-refractivity contribution in [1.29, 1.82) is 0 Å². The molecule has 0 fully saturated rings. The quantitative estimate of drug-likeness (QED) is 0.642. The summed E-state index contributed by atoms with van der Waals surface area (Å²) in [5, 5.41) is 8.07. The summed E-state index contributed by atoms with van der Waals surface area (Å²) in [6.07, 6.45) is 3.56. The number of nitrogens with one attached hydrogen (secondary N) is 2. The maximum absolute atomic E-state index is 12.8. The minimum Gasteiger partial charge on any atom is -0.321 e. The van der Waals surface area contributed by atoms with Crippen LogP contribution in [0.1, 0.15) is 41.0 Å². The zero-order valence-corrected chi connectivity index (χ0v) is 18.4. The van der Waals surface area contributed by atoms with E-state index in [-0.39, 0.29) is 10.8 Å². The van der Waals surface area contributed by atoms with Gasteiger partial charge in [-0.05, 0) is 44.0 Å². The van der Waals surface area contributed by atoms with Gasteiger partial charge in [0, 0.05) is 31.1 Å². The van der Waals surface area contributed by atoms with E-state index in [4.69, 9.17) is 0 Å². The first kappa shape index (κ1) is 20.5. The number of hydrogen-bond donors (Lipinski definition) is 2. The monoisotopic (exact) mass is 445 g/mol. The van der Waals surface area contributed by atoms with E-state index in [1.807, 2.05) is 20.0 Å². The van der Waals surface area contributed by atoms with Crippen LogP contribution in [-0.2, 0) is 17.1 Å². The molecule has 0 atom stereocenters. The third-order valence-electron chi connectivity index (χ3n) is 4.95. The number of anilines is 1. The van der Waals surface area contributed by atoms with Crippen LogP contribution in [-0.4, -0.2) is 36.5 Å². The first-order valence-electron chi connectivity index (χ1n) is 9.74. The molecule has 30 heavy (non-hydrogen) atoms. The van der Waals surface area contributed by atoms with Gasteiger partial charge in [0.25, 0.3) is 15.9 Å². The molecule has 3 aromatic rings. The lowest BCUT2D eigenvalue weighted by Crippen LogP contribution is -2.30. The molecular formula is C20H23N5O3S2. The maximum atomic E-state index is 12.8. The van der Waals surface area contributed by atoms with Gasteiger partial charge in [0.05, 0.1) is 15.5 Å². The molecule has 8 nitrogen and oxygen atoms in total. The molecule has 0 radical (unpaired) electrons. The van der Waals surface area contributed by atoms with Crippen LogP contribution in [0.3, 0.4) is 0 Å². The summed E-state index contributed by atoms with van der Waals surface area (Å²) in [4.78, 5) is 18.6. The number of hydrogen-bond acceptors (Lipinski definition) is 6. The number of benzene rings is 1. The average molecular weight is 446 g/mol. The molecule has 0 saturated carbocycles. The molecule has 3 heterocycles. The number of sulfonamides is 1. The molecule has 2 N–H and O–H groups in total. The van der Waals surface area contributed by atoms with Crippen molar-refractivity contribution in [3.8, 4) is 0 Å². The molecule has 0 bridgehead atoms. The Bertz CT molecular complexity index is 1210. The largest absolute Gasteiger partial charge is 0.321 e. The van der Waals surface area contributed by atoms with E-state index in [0.717, 1.165) is 35.2 Å². The summed E-state index contributed by atoms with van der Waals surface area (Å²) in [5.74, 6) is 0.211. The molecule has 158 valence electrons. The van der Waals surface area contributed by atoms with Crippen molar-refractivity contribution in [2.45, 2.75) is 37.5 Å². The van der Waals surface area contributed by atoms with E-state index in [9.17, 15) is 13.2 Å². The summed E-state index contributed by atoms with van der Waals surface area (Å²) in [7, 11) is -1.92. The SMILES string of the molecule is Cc1nn(C)c2sc(C(=O)Nc3cccc(S(=O)(=O)NC4=NCCCCC4)c3)cc12. The summed E-state index contributed by atoms with van der Waals surface area (Å²) in [6.45, 7) is 2.54. The topological polar surface area (TPSA) is 105 Å². The van der Waals surface area contributed by atoms with Crippen molar-refractivity contribution in [2.24, 2.45) is 12.0 Å². The Hall–Kier alpha value is -2.72. The third-order valence-corrected chi connectivity index (χ3v) is 7.53. The number of nitrogens with zero attached hydrogens (tertiary/aromatic N) is 3. The average Bonchev–Trinajstić information content (AvgIpc) is 3.15. The predicted octanol–water partition coefficient (Wildman–Crippen LogP) is 3.45. The number of rotatable bonds is 4. The normalized spacial score (nSPS) is 14.9. The predicted molar refractivity (Wildman–Crippen MR) is 119 cm³/mol. The van der Waals surface area contributed by atoms with E-state index < -0.39 is 10.0 Å². The number of fused-ring (bicyclic) bond motifs is 1. The molecular weight excluding hydrogens is 422 g/mol. The Balaban J connectivity index is 1.52. The van der Waals surface area contributed by atoms with Crippen molar-refractivity contribution < 1.29 is 13.2 Å². The van der Waals surface area contributed by atoms with E-state index in [1.54, 1.807) is 16.8 Å². The fraction of sp³-hybridized carbons (Fsp3) is 0.350. The van der Waals surface area contributed by atoms with Gasteiger partial charge in [-0.1, -0.05) is 12.5 Å². The van der Waals surface area contributed by atoms with Gasteiger partial charge < -0.3 is 5.32 Å². The number of thiophene rings is 1. The summed E-state index contributed by atoms with van der Waals surface area (Å²) < 4.78 is 29.9. The number of aromatic nitrogens is 2. The highest BCUT2D eigenvalue weighted by Gasteiger charge is 2.19. The Morgan fingerprint density at radius 1 is 1.20 bits per heavy atom. The first-order chi connectivity index (χ1) is 14.3. The Labute approximate surface area is 179 Å². The standard InChI is InChI=1S/C20H23N5O3S2/c1-13-16-12-17(29-20(16)25(2)23-13)19(26)22-14-7-6-8-15(11-14)30(27,28)24-18-9-4-3-5-10-21-18/h6-8,11-12H,3-5,9-10H2,1-2H3,(H,21,24)(H,22,26). The summed E-state index contributed by atoms with van der Waals surface area (Å²) in [5.41, 5.74) is 1.28. The molecule has 4 rings (SSSR count). The number of carbonyl (C=O) groups is 1. The summed E-state index contributed by atoms with van der Waals surface area (Å²) in [6, 6.07) is 8.05. The second-order valence-corrected chi connectivity index (χ2v) is 9.98. The number of carbonyl (C=O) groups excluding carboxylic acids is 1. The van der Waals surface area contributed by atoms with Crippen LogP contribution in [0.4, 0.5) is 5.69 Å². The maximum Gasteiger partial charge on any atom is 0.265 e. The minimum atomic E-state index is -3.76. The Morgan fingerprint density at radius 3 is 2.83 bits per heavy atom. The molecule has 0 spiro atoms. The van der Waals surface area contributed by atoms with Crippen molar-refractivity contribution in [1.82, 2.24) is 14.5 Å². The van der Waals surface area contributed by atoms with Gasteiger partial charge in [0.2, 0.25) is 0 Å². The van der Waals surface area contributed by atoms with Crippen LogP contribution in [0.25, 0.3) is 10.2 Å². The summed E-state index contributed by atoms with van der Waals surface area (Å²) >= 11 is 1.35. The third kappa shape index (κ3) is 4.24. The van der Waals surface area contributed by atoms with Gasteiger partial charge >= 0.3 is 0 Å². The van der Waals surface area contributed by atoms with Crippen LogP contribution in [0, 0.1) is 6.92 Å². The molecule has 1 aliphatic heterocycles. The zero-order chi connectivity index (χ0) is 21.3. The lowest BCUT2D eigenvalue weighted by Gasteiger charge is -2.11. The first-order valence-corrected chi connectivity index (χ1v) is 12.0. The zero-order valence-electron chi connectivity index (χ0n) is 16.8. The fourth-order valence-corrected chi connectivity index (χ4v) is 5.58. The Morgan fingerprint density at radius 2 is 2.03 bits per heavy atom.